The lowest BCUT2D eigenvalue weighted by molar-refractivity contribution is 0.337. The fraction of sp³-hybridized carbons (Fsp3) is 0.500. The van der Waals surface area contributed by atoms with Gasteiger partial charge in [-0.1, -0.05) is 20.8 Å². The first-order chi connectivity index (χ1) is 8.80. The number of nitrogens with zero attached hydrogens (tertiary/aromatic N) is 1. The molecule has 0 spiro atoms. The summed E-state index contributed by atoms with van der Waals surface area (Å²) in [6.07, 6.45) is 0.855. The fourth-order valence-electron chi connectivity index (χ4n) is 2.25. The molecular formula is C14H19F2N3. The van der Waals surface area contributed by atoms with E-state index in [-0.39, 0.29) is 11.3 Å². The van der Waals surface area contributed by atoms with Crippen molar-refractivity contribution in [2.45, 2.75) is 33.1 Å². The molecule has 3 nitrogen and oxygen atoms in total. The third-order valence-electron chi connectivity index (χ3n) is 3.07. The van der Waals surface area contributed by atoms with Crippen LogP contribution in [0.25, 0.3) is 11.0 Å². The summed E-state index contributed by atoms with van der Waals surface area (Å²) in [6.45, 7) is 6.81. The van der Waals surface area contributed by atoms with E-state index in [4.69, 9.17) is 5.73 Å². The van der Waals surface area contributed by atoms with Gasteiger partial charge >= 0.3 is 0 Å². The zero-order chi connectivity index (χ0) is 14.2. The van der Waals surface area contributed by atoms with Gasteiger partial charge in [-0.3, -0.25) is 0 Å². The van der Waals surface area contributed by atoms with Crippen molar-refractivity contribution < 1.29 is 8.78 Å². The molecule has 19 heavy (non-hydrogen) atoms. The van der Waals surface area contributed by atoms with Crippen molar-refractivity contribution in [1.29, 1.82) is 0 Å². The molecule has 1 heterocycles. The highest BCUT2D eigenvalue weighted by molar-refractivity contribution is 5.75. The highest BCUT2D eigenvalue weighted by Gasteiger charge is 2.22. The standard InChI is InChI=1S/C14H19F2N3/c1-14(2,3)6-8(7-17)13-18-11-4-9(15)10(16)5-12(11)19-13/h4-5,8H,6-7,17H2,1-3H3,(H,18,19). The van der Waals surface area contributed by atoms with Crippen LogP contribution in [0.2, 0.25) is 0 Å². The van der Waals surface area contributed by atoms with Crippen LogP contribution in [0, 0.1) is 17.0 Å². The molecule has 0 bridgehead atoms. The number of halogens is 2. The lowest BCUT2D eigenvalue weighted by Crippen LogP contribution is -2.20. The van der Waals surface area contributed by atoms with Gasteiger partial charge in [0.1, 0.15) is 5.82 Å². The van der Waals surface area contributed by atoms with E-state index in [1.165, 1.54) is 0 Å². The summed E-state index contributed by atoms with van der Waals surface area (Å²) in [5.41, 5.74) is 6.83. The molecule has 0 saturated heterocycles. The molecule has 0 amide bonds. The minimum Gasteiger partial charge on any atom is -0.342 e. The van der Waals surface area contributed by atoms with E-state index < -0.39 is 11.6 Å². The molecule has 0 aliphatic rings. The molecule has 2 rings (SSSR count). The zero-order valence-electron chi connectivity index (χ0n) is 11.4. The maximum atomic E-state index is 13.2. The molecule has 1 atom stereocenters. The second-order valence-corrected chi connectivity index (χ2v) is 6.10. The van der Waals surface area contributed by atoms with E-state index in [2.05, 4.69) is 30.7 Å². The van der Waals surface area contributed by atoms with Gasteiger partial charge < -0.3 is 10.7 Å². The van der Waals surface area contributed by atoms with Gasteiger partial charge in [-0.2, -0.15) is 0 Å². The summed E-state index contributed by atoms with van der Waals surface area (Å²) in [7, 11) is 0. The van der Waals surface area contributed by atoms with Crippen LogP contribution in [0.15, 0.2) is 12.1 Å². The third-order valence-corrected chi connectivity index (χ3v) is 3.07. The summed E-state index contributed by atoms with van der Waals surface area (Å²) >= 11 is 0. The van der Waals surface area contributed by atoms with Crippen molar-refractivity contribution in [3.05, 3.63) is 29.6 Å². The summed E-state index contributed by atoms with van der Waals surface area (Å²) in [5.74, 6) is -1.01. The normalized spacial score (nSPS) is 14.0. The van der Waals surface area contributed by atoms with Gasteiger partial charge in [-0.15, -0.1) is 0 Å². The summed E-state index contributed by atoms with van der Waals surface area (Å²) in [5, 5.41) is 0. The number of H-pyrrole nitrogens is 1. The average Bonchev–Trinajstić information content (AvgIpc) is 2.68. The molecule has 0 saturated carbocycles. The van der Waals surface area contributed by atoms with E-state index in [9.17, 15) is 8.78 Å². The molecule has 3 N–H and O–H groups in total. The Balaban J connectivity index is 2.39. The van der Waals surface area contributed by atoms with E-state index in [0.29, 0.717) is 23.4 Å². The van der Waals surface area contributed by atoms with Gasteiger partial charge in [-0.25, -0.2) is 13.8 Å². The second kappa shape index (κ2) is 4.89. The van der Waals surface area contributed by atoms with Gasteiger partial charge in [0.2, 0.25) is 0 Å². The molecule has 1 aromatic carbocycles. The quantitative estimate of drug-likeness (QED) is 0.896. The number of aromatic nitrogens is 2. The fourth-order valence-corrected chi connectivity index (χ4v) is 2.25. The van der Waals surface area contributed by atoms with E-state index in [1.807, 2.05) is 0 Å². The topological polar surface area (TPSA) is 54.7 Å². The molecule has 0 radical (unpaired) electrons. The van der Waals surface area contributed by atoms with E-state index >= 15 is 0 Å². The van der Waals surface area contributed by atoms with Gasteiger partial charge in [0.25, 0.3) is 0 Å². The monoisotopic (exact) mass is 267 g/mol. The smallest absolute Gasteiger partial charge is 0.161 e. The summed E-state index contributed by atoms with van der Waals surface area (Å²) in [4.78, 5) is 7.37. The number of fused-ring (bicyclic) bond motifs is 1. The van der Waals surface area contributed by atoms with Crippen LogP contribution < -0.4 is 5.73 Å². The van der Waals surface area contributed by atoms with E-state index in [0.717, 1.165) is 18.6 Å². The molecule has 2 aromatic rings. The number of hydrogen-bond donors (Lipinski definition) is 2. The number of aromatic amines is 1. The largest absolute Gasteiger partial charge is 0.342 e. The SMILES string of the molecule is CC(C)(C)CC(CN)c1nc2cc(F)c(F)cc2[nH]1. The van der Waals surface area contributed by atoms with Gasteiger partial charge in [0, 0.05) is 24.6 Å². The Kier molecular flexibility index (Phi) is 3.58. The van der Waals surface area contributed by atoms with Crippen LogP contribution in [0.4, 0.5) is 8.78 Å². The Labute approximate surface area is 111 Å². The number of nitrogens with two attached hydrogens (primary N) is 1. The zero-order valence-corrected chi connectivity index (χ0v) is 11.4. The van der Waals surface area contributed by atoms with Crippen molar-refractivity contribution in [3.63, 3.8) is 0 Å². The average molecular weight is 267 g/mol. The molecule has 5 heteroatoms. The summed E-state index contributed by atoms with van der Waals surface area (Å²) < 4.78 is 26.3. The van der Waals surface area contributed by atoms with Gasteiger partial charge in [-0.05, 0) is 11.8 Å². The third kappa shape index (κ3) is 3.10. The van der Waals surface area contributed by atoms with Crippen molar-refractivity contribution >= 4 is 11.0 Å². The first kappa shape index (κ1) is 13.9. The Morgan fingerprint density at radius 1 is 1.26 bits per heavy atom. The highest BCUT2D eigenvalue weighted by atomic mass is 19.2. The molecular weight excluding hydrogens is 248 g/mol. The van der Waals surface area contributed by atoms with Crippen LogP contribution in [0.3, 0.4) is 0 Å². The van der Waals surface area contributed by atoms with Crippen molar-refractivity contribution in [1.82, 2.24) is 9.97 Å². The number of rotatable bonds is 3. The minimum absolute atomic E-state index is 0.0542. The Morgan fingerprint density at radius 2 is 1.89 bits per heavy atom. The lowest BCUT2D eigenvalue weighted by Gasteiger charge is -2.23. The van der Waals surface area contributed by atoms with Crippen LogP contribution >= 0.6 is 0 Å². The lowest BCUT2D eigenvalue weighted by atomic mass is 9.84. The second-order valence-electron chi connectivity index (χ2n) is 6.10. The predicted octanol–water partition coefficient (Wildman–Crippen LogP) is 3.32. The van der Waals surface area contributed by atoms with Crippen LogP contribution in [0.5, 0.6) is 0 Å². The first-order valence-corrected chi connectivity index (χ1v) is 6.35. The highest BCUT2D eigenvalue weighted by Crippen LogP contribution is 2.30. The van der Waals surface area contributed by atoms with Crippen LogP contribution in [0.1, 0.15) is 38.9 Å². The van der Waals surface area contributed by atoms with Gasteiger partial charge in [0.15, 0.2) is 11.6 Å². The number of hydrogen-bond acceptors (Lipinski definition) is 2. The number of benzene rings is 1. The van der Waals surface area contributed by atoms with Crippen molar-refractivity contribution in [3.8, 4) is 0 Å². The number of imidazole rings is 1. The maximum absolute atomic E-state index is 13.2. The Hall–Kier alpha value is -1.49. The molecule has 0 aliphatic carbocycles. The Bertz CT molecular complexity index is 545. The molecule has 1 unspecified atom stereocenters. The summed E-state index contributed by atoms with van der Waals surface area (Å²) in [6, 6.07) is 2.24. The van der Waals surface area contributed by atoms with Crippen molar-refractivity contribution in [2.75, 3.05) is 6.54 Å². The van der Waals surface area contributed by atoms with Crippen LogP contribution in [-0.4, -0.2) is 16.5 Å². The molecule has 0 fully saturated rings. The van der Waals surface area contributed by atoms with E-state index in [1.54, 1.807) is 0 Å². The number of nitrogens with one attached hydrogen (secondary N) is 1. The van der Waals surface area contributed by atoms with Crippen molar-refractivity contribution in [2.24, 2.45) is 11.1 Å². The van der Waals surface area contributed by atoms with Crippen LogP contribution in [-0.2, 0) is 0 Å². The first-order valence-electron chi connectivity index (χ1n) is 6.35. The molecule has 1 aromatic heterocycles. The maximum Gasteiger partial charge on any atom is 0.161 e. The predicted molar refractivity (Wildman–Crippen MR) is 71.9 cm³/mol. The molecule has 104 valence electrons. The van der Waals surface area contributed by atoms with Gasteiger partial charge in [0.05, 0.1) is 11.0 Å². The Morgan fingerprint density at radius 3 is 2.47 bits per heavy atom. The minimum atomic E-state index is -0.884. The molecule has 0 aliphatic heterocycles.